The summed E-state index contributed by atoms with van der Waals surface area (Å²) < 4.78 is 75.8. The van der Waals surface area contributed by atoms with E-state index in [0.29, 0.717) is 39.8 Å². The molecule has 0 N–H and O–H groups in total. The highest BCUT2D eigenvalue weighted by atomic mass is 19.2. The number of fused-ring (bicyclic) bond motifs is 1. The Hall–Kier alpha value is -3.85. The summed E-state index contributed by atoms with van der Waals surface area (Å²) in [5, 5.41) is 0.903. The van der Waals surface area contributed by atoms with Gasteiger partial charge < -0.3 is 4.74 Å². The lowest BCUT2D eigenvalue weighted by Gasteiger charge is -2.08. The summed E-state index contributed by atoms with van der Waals surface area (Å²) in [6, 6.07) is 13.7. The van der Waals surface area contributed by atoms with E-state index < -0.39 is 34.6 Å². The van der Waals surface area contributed by atoms with E-state index in [1.54, 1.807) is 24.3 Å². The standard InChI is InChI=1S/C29H21F5O/c1-2-11-35-23-9-8-20(25(30)17-23)6-4-19-13-26(31)24(27(32)14-19)10-5-18-3-7-21-15-28(33)29(34)16-22(21)12-18/h3,7-9,12-17H,2,4,6,11H2,1H3. The number of halogens is 5. The minimum atomic E-state index is -0.990. The van der Waals surface area contributed by atoms with E-state index in [0.717, 1.165) is 18.6 Å². The molecule has 0 amide bonds. The predicted octanol–water partition coefficient (Wildman–Crippen LogP) is 7.51. The maximum absolute atomic E-state index is 14.6. The van der Waals surface area contributed by atoms with Crippen LogP contribution in [-0.4, -0.2) is 6.61 Å². The van der Waals surface area contributed by atoms with Gasteiger partial charge in [0, 0.05) is 11.6 Å². The van der Waals surface area contributed by atoms with E-state index >= 15 is 0 Å². The second-order valence-electron chi connectivity index (χ2n) is 8.11. The average Bonchev–Trinajstić information content (AvgIpc) is 2.82. The van der Waals surface area contributed by atoms with Crippen molar-refractivity contribution in [2.45, 2.75) is 26.2 Å². The highest BCUT2D eigenvalue weighted by Crippen LogP contribution is 2.22. The molecule has 0 aromatic heterocycles. The van der Waals surface area contributed by atoms with Gasteiger partial charge in [0.1, 0.15) is 23.2 Å². The molecule has 0 fully saturated rings. The molecule has 0 saturated heterocycles. The molecule has 0 unspecified atom stereocenters. The zero-order valence-electron chi connectivity index (χ0n) is 18.9. The third-order valence-electron chi connectivity index (χ3n) is 5.49. The molecule has 0 radical (unpaired) electrons. The molecule has 4 rings (SSSR count). The van der Waals surface area contributed by atoms with Crippen molar-refractivity contribution in [3.63, 3.8) is 0 Å². The van der Waals surface area contributed by atoms with Gasteiger partial charge in [-0.2, -0.15) is 0 Å². The maximum atomic E-state index is 14.6. The van der Waals surface area contributed by atoms with Crippen molar-refractivity contribution in [2.24, 2.45) is 0 Å². The summed E-state index contributed by atoms with van der Waals surface area (Å²) in [6.45, 7) is 2.45. The Morgan fingerprint density at radius 3 is 2.06 bits per heavy atom. The molecule has 0 heterocycles. The minimum Gasteiger partial charge on any atom is -0.494 e. The van der Waals surface area contributed by atoms with Gasteiger partial charge in [-0.1, -0.05) is 30.9 Å². The SMILES string of the molecule is CCCOc1ccc(CCc2cc(F)c(C#Cc3ccc4cc(F)c(F)cc4c3)c(F)c2)c(F)c1. The topological polar surface area (TPSA) is 9.23 Å². The third kappa shape index (κ3) is 5.81. The highest BCUT2D eigenvalue weighted by molar-refractivity contribution is 5.84. The first-order valence-electron chi connectivity index (χ1n) is 11.1. The van der Waals surface area contributed by atoms with Crippen molar-refractivity contribution in [1.29, 1.82) is 0 Å². The molecule has 0 aliphatic rings. The van der Waals surface area contributed by atoms with Gasteiger partial charge in [0.05, 0.1) is 12.2 Å². The molecular formula is C29H21F5O. The molecule has 0 aliphatic carbocycles. The fourth-order valence-electron chi connectivity index (χ4n) is 3.66. The van der Waals surface area contributed by atoms with Crippen molar-refractivity contribution in [3.8, 4) is 17.6 Å². The van der Waals surface area contributed by atoms with Crippen LogP contribution in [-0.2, 0) is 12.8 Å². The molecule has 35 heavy (non-hydrogen) atoms. The van der Waals surface area contributed by atoms with Crippen LogP contribution in [0.1, 0.15) is 35.6 Å². The van der Waals surface area contributed by atoms with Crippen molar-refractivity contribution in [2.75, 3.05) is 6.61 Å². The summed E-state index contributed by atoms with van der Waals surface area (Å²) in [4.78, 5) is 0. The molecule has 0 saturated carbocycles. The van der Waals surface area contributed by atoms with E-state index in [9.17, 15) is 22.0 Å². The van der Waals surface area contributed by atoms with Crippen molar-refractivity contribution >= 4 is 10.8 Å². The summed E-state index contributed by atoms with van der Waals surface area (Å²) in [5.41, 5.74) is 0.793. The van der Waals surface area contributed by atoms with E-state index in [-0.39, 0.29) is 12.8 Å². The Balaban J connectivity index is 1.49. The second kappa shape index (κ2) is 10.6. The first kappa shape index (κ1) is 24.3. The lowest BCUT2D eigenvalue weighted by atomic mass is 10.0. The van der Waals surface area contributed by atoms with Crippen LogP contribution in [0.3, 0.4) is 0 Å². The highest BCUT2D eigenvalue weighted by Gasteiger charge is 2.11. The van der Waals surface area contributed by atoms with E-state index in [2.05, 4.69) is 11.8 Å². The first-order chi connectivity index (χ1) is 16.8. The molecule has 178 valence electrons. The van der Waals surface area contributed by atoms with Crippen LogP contribution < -0.4 is 4.74 Å². The lowest BCUT2D eigenvalue weighted by Crippen LogP contribution is -2.00. The Morgan fingerprint density at radius 2 is 1.37 bits per heavy atom. The number of ether oxygens (including phenoxy) is 1. The fourth-order valence-corrected chi connectivity index (χ4v) is 3.66. The third-order valence-corrected chi connectivity index (χ3v) is 5.49. The Morgan fingerprint density at radius 1 is 0.657 bits per heavy atom. The summed E-state index contributed by atoms with van der Waals surface area (Å²) in [5.74, 6) is 1.55. The van der Waals surface area contributed by atoms with Crippen LogP contribution in [0, 0.1) is 40.9 Å². The largest absolute Gasteiger partial charge is 0.494 e. The van der Waals surface area contributed by atoms with Crippen LogP contribution in [0.5, 0.6) is 5.75 Å². The monoisotopic (exact) mass is 480 g/mol. The van der Waals surface area contributed by atoms with Gasteiger partial charge in [-0.15, -0.1) is 0 Å². The van der Waals surface area contributed by atoms with E-state index in [1.807, 2.05) is 6.92 Å². The Bertz CT molecular complexity index is 1430. The van der Waals surface area contributed by atoms with Crippen molar-refractivity contribution in [1.82, 2.24) is 0 Å². The van der Waals surface area contributed by atoms with Gasteiger partial charge >= 0.3 is 0 Å². The summed E-state index contributed by atoms with van der Waals surface area (Å²) >= 11 is 0. The summed E-state index contributed by atoms with van der Waals surface area (Å²) in [7, 11) is 0. The summed E-state index contributed by atoms with van der Waals surface area (Å²) in [6.07, 6.45) is 1.31. The smallest absolute Gasteiger partial charge is 0.159 e. The van der Waals surface area contributed by atoms with Crippen LogP contribution in [0.15, 0.2) is 60.7 Å². The first-order valence-corrected chi connectivity index (χ1v) is 11.1. The lowest BCUT2D eigenvalue weighted by molar-refractivity contribution is 0.315. The zero-order valence-corrected chi connectivity index (χ0v) is 18.9. The predicted molar refractivity (Wildman–Crippen MR) is 126 cm³/mol. The molecule has 0 atom stereocenters. The minimum absolute atomic E-state index is 0.237. The molecule has 0 aliphatic heterocycles. The van der Waals surface area contributed by atoms with E-state index in [4.69, 9.17) is 4.74 Å². The van der Waals surface area contributed by atoms with E-state index in [1.165, 1.54) is 24.3 Å². The van der Waals surface area contributed by atoms with Gasteiger partial charge in [-0.3, -0.25) is 0 Å². The van der Waals surface area contributed by atoms with Crippen LogP contribution in [0.25, 0.3) is 10.8 Å². The number of benzene rings is 4. The van der Waals surface area contributed by atoms with Gasteiger partial charge in [0.15, 0.2) is 11.6 Å². The maximum Gasteiger partial charge on any atom is 0.159 e. The van der Waals surface area contributed by atoms with Gasteiger partial charge in [-0.05, 0) is 83.6 Å². The molecular weight excluding hydrogens is 459 g/mol. The molecule has 4 aromatic carbocycles. The number of hydrogen-bond acceptors (Lipinski definition) is 1. The second-order valence-corrected chi connectivity index (χ2v) is 8.11. The van der Waals surface area contributed by atoms with Crippen LogP contribution in [0.4, 0.5) is 22.0 Å². The number of hydrogen-bond donors (Lipinski definition) is 0. The average molecular weight is 480 g/mol. The zero-order chi connectivity index (χ0) is 24.9. The fraction of sp³-hybridized carbons (Fsp3) is 0.172. The van der Waals surface area contributed by atoms with Crippen molar-refractivity contribution in [3.05, 3.63) is 112 Å². The molecule has 4 aromatic rings. The Labute approximate surface area is 200 Å². The quantitative estimate of drug-likeness (QED) is 0.205. The van der Waals surface area contributed by atoms with Crippen molar-refractivity contribution < 1.29 is 26.7 Å². The van der Waals surface area contributed by atoms with Crippen LogP contribution in [0.2, 0.25) is 0 Å². The molecule has 6 heteroatoms. The molecule has 1 nitrogen and oxygen atoms in total. The van der Waals surface area contributed by atoms with Gasteiger partial charge in [0.2, 0.25) is 0 Å². The molecule has 0 bridgehead atoms. The van der Waals surface area contributed by atoms with Gasteiger partial charge in [-0.25, -0.2) is 22.0 Å². The van der Waals surface area contributed by atoms with Gasteiger partial charge in [0.25, 0.3) is 0 Å². The normalized spacial score (nSPS) is 10.8. The molecule has 0 spiro atoms. The Kier molecular flexibility index (Phi) is 7.36. The number of aryl methyl sites for hydroxylation is 2. The van der Waals surface area contributed by atoms with Crippen LogP contribution >= 0.6 is 0 Å². The number of rotatable bonds is 6.